The number of nitriles is 1. The second kappa shape index (κ2) is 16.1. The summed E-state index contributed by atoms with van der Waals surface area (Å²) in [6.07, 6.45) is 7.11. The zero-order valence-corrected chi connectivity index (χ0v) is 32.0. The second-order valence-corrected chi connectivity index (χ2v) is 26.1. The highest BCUT2D eigenvalue weighted by molar-refractivity contribution is 7.98. The van der Waals surface area contributed by atoms with Crippen LogP contribution >= 0.6 is 46.7 Å². The lowest BCUT2D eigenvalue weighted by molar-refractivity contribution is 0.0894. The molecule has 0 radical (unpaired) electrons. The molecule has 4 rings (SSSR count). The van der Waals surface area contributed by atoms with Gasteiger partial charge in [0.15, 0.2) is 10.3 Å². The summed E-state index contributed by atoms with van der Waals surface area (Å²) in [6, 6.07) is 4.31. The Labute approximate surface area is 284 Å². The molecule has 244 valence electrons. The largest absolute Gasteiger partial charge is 0.366 e. The summed E-state index contributed by atoms with van der Waals surface area (Å²) in [5.74, 6) is -0.557. The van der Waals surface area contributed by atoms with E-state index in [1.165, 1.54) is 23.5 Å². The van der Waals surface area contributed by atoms with Gasteiger partial charge in [-0.15, -0.1) is 0 Å². The maximum absolute atomic E-state index is 11.7. The van der Waals surface area contributed by atoms with Crippen molar-refractivity contribution >= 4 is 90.8 Å². The van der Waals surface area contributed by atoms with Crippen molar-refractivity contribution < 1.29 is 14.3 Å². The Kier molecular flexibility index (Phi) is 13.3. The molecule has 4 heterocycles. The van der Waals surface area contributed by atoms with Gasteiger partial charge >= 0.3 is 0 Å². The fourth-order valence-electron chi connectivity index (χ4n) is 3.98. The second-order valence-electron chi connectivity index (χ2n) is 12.6. The van der Waals surface area contributed by atoms with E-state index in [1.807, 2.05) is 17.1 Å². The van der Waals surface area contributed by atoms with Gasteiger partial charge in [0, 0.05) is 41.8 Å². The molecule has 0 aromatic carbocycles. The summed E-state index contributed by atoms with van der Waals surface area (Å²) in [5.41, 5.74) is 7.44. The van der Waals surface area contributed by atoms with Crippen molar-refractivity contribution in [1.29, 1.82) is 5.26 Å². The maximum Gasteiger partial charge on any atom is 0.251 e. The predicted octanol–water partition coefficient (Wildman–Crippen LogP) is 7.21. The topological polar surface area (TPSA) is 147 Å². The minimum absolute atomic E-state index is 0.231. The lowest BCUT2D eigenvalue weighted by Crippen LogP contribution is -2.22. The fourth-order valence-corrected chi connectivity index (χ4v) is 6.85. The lowest BCUT2D eigenvalue weighted by Gasteiger charge is -2.15. The van der Waals surface area contributed by atoms with E-state index in [9.17, 15) is 10.1 Å². The molecule has 0 unspecified atom stereocenters. The van der Waals surface area contributed by atoms with Gasteiger partial charge in [-0.1, -0.05) is 86.0 Å². The highest BCUT2D eigenvalue weighted by atomic mass is 35.5. The smallest absolute Gasteiger partial charge is 0.251 e. The monoisotopic (exact) mass is 726 g/mol. The minimum Gasteiger partial charge on any atom is -0.366 e. The number of hydrogen-bond acceptors (Lipinski definition) is 10. The van der Waals surface area contributed by atoms with E-state index < -0.39 is 22.1 Å². The first kappa shape index (κ1) is 37.3. The Morgan fingerprint density at radius 1 is 0.844 bits per heavy atom. The van der Waals surface area contributed by atoms with E-state index in [-0.39, 0.29) is 5.15 Å². The molecule has 2 N–H and O–H groups in total. The number of aromatic nitrogens is 6. The van der Waals surface area contributed by atoms with E-state index in [0.717, 1.165) is 12.1 Å². The molecule has 1 amide bonds. The summed E-state index contributed by atoms with van der Waals surface area (Å²) in [5, 5.41) is 12.0. The SMILES string of the molecule is CSc1nc(Cl)c2c(C#N)cn(COCC[Si](C)(C)C)c2n1.CSc1nc(Cl)c2c(C(N)=O)cn(COCC[Si](C)(C)C)c2n1. The molecule has 17 heteroatoms. The first-order valence-electron chi connectivity index (χ1n) is 14.1. The van der Waals surface area contributed by atoms with Crippen molar-refractivity contribution in [2.75, 3.05) is 25.7 Å². The number of ether oxygens (including phenoxy) is 2. The molecule has 0 saturated heterocycles. The first-order valence-corrected chi connectivity index (χ1v) is 24.8. The Morgan fingerprint density at radius 2 is 1.29 bits per heavy atom. The van der Waals surface area contributed by atoms with Crippen LogP contribution in [0, 0.1) is 11.3 Å². The maximum atomic E-state index is 11.7. The van der Waals surface area contributed by atoms with Gasteiger partial charge in [0.05, 0.1) is 21.9 Å². The van der Waals surface area contributed by atoms with Crippen LogP contribution < -0.4 is 5.73 Å². The summed E-state index contributed by atoms with van der Waals surface area (Å²) >= 11 is 15.2. The van der Waals surface area contributed by atoms with Gasteiger partial charge in [-0.25, -0.2) is 19.9 Å². The van der Waals surface area contributed by atoms with Crippen molar-refractivity contribution in [2.24, 2.45) is 5.73 Å². The number of fused-ring (bicyclic) bond motifs is 2. The van der Waals surface area contributed by atoms with Crippen molar-refractivity contribution in [3.8, 4) is 6.07 Å². The third kappa shape index (κ3) is 10.4. The van der Waals surface area contributed by atoms with Gasteiger partial charge in [-0.05, 0) is 24.6 Å². The molecular formula is C28H40Cl2N8O3S2Si2. The van der Waals surface area contributed by atoms with Gasteiger partial charge in [0.2, 0.25) is 0 Å². The van der Waals surface area contributed by atoms with Crippen molar-refractivity contribution in [1.82, 2.24) is 29.1 Å². The van der Waals surface area contributed by atoms with Crippen molar-refractivity contribution in [3.63, 3.8) is 0 Å². The van der Waals surface area contributed by atoms with Crippen LogP contribution in [0.1, 0.15) is 15.9 Å². The molecule has 0 bridgehead atoms. The van der Waals surface area contributed by atoms with E-state index in [0.29, 0.717) is 75.3 Å². The Morgan fingerprint density at radius 3 is 1.71 bits per heavy atom. The number of amides is 1. The van der Waals surface area contributed by atoms with E-state index in [4.69, 9.17) is 38.4 Å². The first-order chi connectivity index (χ1) is 21.1. The zero-order chi connectivity index (χ0) is 33.5. The average molecular weight is 728 g/mol. The molecule has 11 nitrogen and oxygen atoms in total. The zero-order valence-electron chi connectivity index (χ0n) is 26.9. The predicted molar refractivity (Wildman–Crippen MR) is 190 cm³/mol. The summed E-state index contributed by atoms with van der Waals surface area (Å²) in [7, 11) is -2.25. The van der Waals surface area contributed by atoms with Crippen molar-refractivity contribution in [2.45, 2.75) is 75.1 Å². The lowest BCUT2D eigenvalue weighted by atomic mass is 10.2. The van der Waals surface area contributed by atoms with E-state index in [1.54, 1.807) is 17.0 Å². The Bertz CT molecular complexity index is 1700. The van der Waals surface area contributed by atoms with Crippen LogP contribution in [0.3, 0.4) is 0 Å². The van der Waals surface area contributed by atoms with Crippen molar-refractivity contribution in [3.05, 3.63) is 33.8 Å². The van der Waals surface area contributed by atoms with Gasteiger partial charge < -0.3 is 24.3 Å². The van der Waals surface area contributed by atoms with Gasteiger partial charge in [-0.3, -0.25) is 4.79 Å². The minimum atomic E-state index is -1.14. The van der Waals surface area contributed by atoms with E-state index in [2.05, 4.69) is 65.3 Å². The van der Waals surface area contributed by atoms with E-state index >= 15 is 0 Å². The van der Waals surface area contributed by atoms with Crippen LogP contribution in [0.25, 0.3) is 22.1 Å². The standard InChI is InChI=1S/C14H21ClN4O2SSi.C14H19ClN4OSSi/c1-22-14-17-11(15)10-9(12(16)20)7-19(13(10)18-14)8-21-5-6-23(2,3)4;1-21-14-17-12(15)11-10(7-16)8-19(13(11)18-14)9-20-5-6-22(2,3)4/h7H,5-6,8H2,1-4H3,(H2,16,20);8H,5-6,9H2,1-4H3. The van der Waals surface area contributed by atoms with Crippen LogP contribution in [0.4, 0.5) is 0 Å². The number of carbonyl (C=O) groups excluding carboxylic acids is 1. The number of rotatable bonds is 13. The number of carbonyl (C=O) groups is 1. The molecule has 4 aromatic heterocycles. The molecule has 45 heavy (non-hydrogen) atoms. The Balaban J connectivity index is 0.000000246. The van der Waals surface area contributed by atoms with Crippen LogP contribution in [0.2, 0.25) is 61.7 Å². The molecule has 0 aliphatic heterocycles. The molecule has 0 aliphatic rings. The molecule has 0 spiro atoms. The van der Waals surface area contributed by atoms with Gasteiger partial charge in [-0.2, -0.15) is 5.26 Å². The summed E-state index contributed by atoms with van der Waals surface area (Å²) in [6.45, 7) is 15.9. The molecule has 0 saturated carbocycles. The van der Waals surface area contributed by atoms with Crippen LogP contribution in [-0.2, 0) is 22.9 Å². The quantitative estimate of drug-likeness (QED) is 0.0493. The molecule has 0 atom stereocenters. The highest BCUT2D eigenvalue weighted by Crippen LogP contribution is 2.29. The van der Waals surface area contributed by atoms with Crippen LogP contribution in [0.5, 0.6) is 0 Å². The molecular weight excluding hydrogens is 688 g/mol. The number of nitrogens with zero attached hydrogens (tertiary/aromatic N) is 7. The number of nitrogens with two attached hydrogens (primary N) is 1. The number of thioether (sulfide) groups is 2. The number of halogens is 2. The molecule has 0 aliphatic carbocycles. The number of hydrogen-bond donors (Lipinski definition) is 1. The third-order valence-electron chi connectivity index (χ3n) is 6.51. The highest BCUT2D eigenvalue weighted by Gasteiger charge is 2.20. The summed E-state index contributed by atoms with van der Waals surface area (Å²) in [4.78, 5) is 28.9. The fraction of sp³-hybridized carbons (Fsp3) is 0.500. The molecule has 0 fully saturated rings. The third-order valence-corrected chi connectivity index (χ3v) is 11.6. The number of primary amides is 1. The van der Waals surface area contributed by atoms with Crippen LogP contribution in [-0.4, -0.2) is 76.9 Å². The average Bonchev–Trinajstić information content (AvgIpc) is 3.51. The summed E-state index contributed by atoms with van der Waals surface area (Å²) < 4.78 is 15.1. The van der Waals surface area contributed by atoms with Gasteiger partial charge in [0.1, 0.15) is 41.1 Å². The normalized spacial score (nSPS) is 11.9. The molecule has 4 aromatic rings. The Hall–Kier alpha value is -2.17. The van der Waals surface area contributed by atoms with Gasteiger partial charge in [0.25, 0.3) is 5.91 Å². The van der Waals surface area contributed by atoms with Crippen LogP contribution in [0.15, 0.2) is 22.7 Å².